The van der Waals surface area contributed by atoms with E-state index in [2.05, 4.69) is 31.0 Å². The third-order valence-electron chi connectivity index (χ3n) is 3.59. The molecule has 1 aromatic heterocycles. The van der Waals surface area contributed by atoms with E-state index < -0.39 is 0 Å². The molecule has 0 bridgehead atoms. The van der Waals surface area contributed by atoms with Gasteiger partial charge in [0, 0.05) is 11.8 Å². The van der Waals surface area contributed by atoms with Gasteiger partial charge in [-0.1, -0.05) is 59.7 Å². The second-order valence-electron chi connectivity index (χ2n) is 5.38. The molecule has 0 aliphatic carbocycles. The molecule has 0 radical (unpaired) electrons. The van der Waals surface area contributed by atoms with Crippen LogP contribution < -0.4 is 5.56 Å². The molecule has 2 nitrogen and oxygen atoms in total. The highest BCUT2D eigenvalue weighted by atomic mass is 16.1. The van der Waals surface area contributed by atoms with Crippen LogP contribution in [0.1, 0.15) is 11.1 Å². The van der Waals surface area contributed by atoms with Crippen LogP contribution in [0, 0.1) is 13.8 Å². The van der Waals surface area contributed by atoms with Crippen molar-refractivity contribution in [2.75, 3.05) is 0 Å². The van der Waals surface area contributed by atoms with Crippen LogP contribution in [-0.2, 0) is 0 Å². The summed E-state index contributed by atoms with van der Waals surface area (Å²) >= 11 is 0. The van der Waals surface area contributed by atoms with Gasteiger partial charge in [-0.05, 0) is 36.6 Å². The van der Waals surface area contributed by atoms with Crippen LogP contribution in [0.15, 0.2) is 65.5 Å². The number of benzene rings is 2. The standard InChI is InChI=1S/C19H17NO/c1-13-3-7-15(8-4-13)17-11-18(20-19(21)12-17)16-9-5-14(2)6-10-16/h3-12H,1-2H3,(H,20,21). The number of H-pyrrole nitrogens is 1. The van der Waals surface area contributed by atoms with Crippen molar-refractivity contribution < 1.29 is 0 Å². The molecule has 0 fully saturated rings. The highest BCUT2D eigenvalue weighted by Gasteiger charge is 2.04. The molecule has 104 valence electrons. The minimum absolute atomic E-state index is 0.0800. The number of hydrogen-bond acceptors (Lipinski definition) is 1. The molecule has 1 N–H and O–H groups in total. The quantitative estimate of drug-likeness (QED) is 0.742. The fraction of sp³-hybridized carbons (Fsp3) is 0.105. The summed E-state index contributed by atoms with van der Waals surface area (Å²) in [7, 11) is 0. The first-order chi connectivity index (χ1) is 10.1. The Morgan fingerprint density at radius 1 is 0.667 bits per heavy atom. The molecule has 0 unspecified atom stereocenters. The maximum Gasteiger partial charge on any atom is 0.249 e. The molecule has 3 aromatic rings. The van der Waals surface area contributed by atoms with E-state index in [9.17, 15) is 4.79 Å². The van der Waals surface area contributed by atoms with E-state index >= 15 is 0 Å². The molecule has 0 amide bonds. The molecular weight excluding hydrogens is 258 g/mol. The van der Waals surface area contributed by atoms with E-state index in [1.165, 1.54) is 11.1 Å². The maximum absolute atomic E-state index is 11.9. The topological polar surface area (TPSA) is 32.9 Å². The largest absolute Gasteiger partial charge is 0.322 e. The summed E-state index contributed by atoms with van der Waals surface area (Å²) in [6.07, 6.45) is 0. The van der Waals surface area contributed by atoms with E-state index in [1.54, 1.807) is 6.07 Å². The first-order valence-electron chi connectivity index (χ1n) is 7.00. The van der Waals surface area contributed by atoms with Gasteiger partial charge >= 0.3 is 0 Å². The Morgan fingerprint density at radius 2 is 1.19 bits per heavy atom. The van der Waals surface area contributed by atoms with E-state index in [0.29, 0.717) is 0 Å². The lowest BCUT2D eigenvalue weighted by Gasteiger charge is -2.06. The highest BCUT2D eigenvalue weighted by molar-refractivity contribution is 5.70. The molecule has 2 aromatic carbocycles. The van der Waals surface area contributed by atoms with Crippen LogP contribution in [0.5, 0.6) is 0 Å². The summed E-state index contributed by atoms with van der Waals surface area (Å²) in [5, 5.41) is 0. The van der Waals surface area contributed by atoms with Crippen molar-refractivity contribution in [2.24, 2.45) is 0 Å². The van der Waals surface area contributed by atoms with Gasteiger partial charge in [-0.25, -0.2) is 0 Å². The Kier molecular flexibility index (Phi) is 3.44. The van der Waals surface area contributed by atoms with Crippen molar-refractivity contribution >= 4 is 0 Å². The molecule has 0 saturated carbocycles. The van der Waals surface area contributed by atoms with Crippen molar-refractivity contribution in [3.05, 3.63) is 82.1 Å². The van der Waals surface area contributed by atoms with Crippen LogP contribution in [0.3, 0.4) is 0 Å². The Balaban J connectivity index is 2.10. The number of nitrogens with one attached hydrogen (secondary N) is 1. The lowest BCUT2D eigenvalue weighted by Crippen LogP contribution is -2.05. The minimum Gasteiger partial charge on any atom is -0.322 e. The van der Waals surface area contributed by atoms with Gasteiger partial charge in [-0.3, -0.25) is 4.79 Å². The zero-order chi connectivity index (χ0) is 14.8. The normalized spacial score (nSPS) is 10.6. The zero-order valence-corrected chi connectivity index (χ0v) is 12.2. The van der Waals surface area contributed by atoms with Crippen LogP contribution in [0.25, 0.3) is 22.4 Å². The first kappa shape index (κ1) is 13.4. The van der Waals surface area contributed by atoms with Gasteiger partial charge in [0.25, 0.3) is 0 Å². The smallest absolute Gasteiger partial charge is 0.249 e. The lowest BCUT2D eigenvalue weighted by molar-refractivity contribution is 1.24. The van der Waals surface area contributed by atoms with E-state index in [1.807, 2.05) is 42.5 Å². The highest BCUT2D eigenvalue weighted by Crippen LogP contribution is 2.23. The number of aryl methyl sites for hydroxylation is 2. The number of pyridine rings is 1. The molecule has 21 heavy (non-hydrogen) atoms. The van der Waals surface area contributed by atoms with Crippen LogP contribution in [-0.4, -0.2) is 4.98 Å². The molecule has 1 heterocycles. The summed E-state index contributed by atoms with van der Waals surface area (Å²) in [6, 6.07) is 20.0. The van der Waals surface area contributed by atoms with Crippen molar-refractivity contribution in [2.45, 2.75) is 13.8 Å². The number of aromatic amines is 1. The Labute approximate surface area is 124 Å². The van der Waals surface area contributed by atoms with Crippen LogP contribution in [0.4, 0.5) is 0 Å². The van der Waals surface area contributed by atoms with Crippen molar-refractivity contribution in [1.82, 2.24) is 4.98 Å². The van der Waals surface area contributed by atoms with Crippen molar-refractivity contribution in [3.8, 4) is 22.4 Å². The summed E-state index contributed by atoms with van der Waals surface area (Å²) in [5.74, 6) is 0. The predicted molar refractivity (Wildman–Crippen MR) is 87.4 cm³/mol. The molecule has 0 saturated heterocycles. The van der Waals surface area contributed by atoms with Crippen molar-refractivity contribution in [3.63, 3.8) is 0 Å². The van der Waals surface area contributed by atoms with E-state index in [-0.39, 0.29) is 5.56 Å². The third kappa shape index (κ3) is 2.95. The van der Waals surface area contributed by atoms with Gasteiger partial charge in [0.05, 0.1) is 0 Å². The second-order valence-corrected chi connectivity index (χ2v) is 5.38. The lowest BCUT2D eigenvalue weighted by atomic mass is 10.0. The molecule has 0 aliphatic rings. The second kappa shape index (κ2) is 5.41. The fourth-order valence-electron chi connectivity index (χ4n) is 2.34. The van der Waals surface area contributed by atoms with E-state index in [0.717, 1.165) is 22.4 Å². The van der Waals surface area contributed by atoms with Gasteiger partial charge in [0.2, 0.25) is 5.56 Å². The molecule has 0 atom stereocenters. The SMILES string of the molecule is Cc1ccc(-c2cc(-c3ccc(C)cc3)[nH]c(=O)c2)cc1. The molecule has 3 rings (SSSR count). The summed E-state index contributed by atoms with van der Waals surface area (Å²) in [4.78, 5) is 14.8. The van der Waals surface area contributed by atoms with Crippen LogP contribution >= 0.6 is 0 Å². The van der Waals surface area contributed by atoms with Crippen LogP contribution in [0.2, 0.25) is 0 Å². The fourth-order valence-corrected chi connectivity index (χ4v) is 2.34. The molecule has 0 aliphatic heterocycles. The summed E-state index contributed by atoms with van der Waals surface area (Å²) in [5.41, 5.74) is 6.20. The maximum atomic E-state index is 11.9. The monoisotopic (exact) mass is 275 g/mol. The molecular formula is C19H17NO. The first-order valence-corrected chi connectivity index (χ1v) is 7.00. The Bertz CT molecular complexity index is 745. The summed E-state index contributed by atoms with van der Waals surface area (Å²) in [6.45, 7) is 4.11. The average Bonchev–Trinajstić information content (AvgIpc) is 2.48. The number of hydrogen-bond donors (Lipinski definition) is 1. The third-order valence-corrected chi connectivity index (χ3v) is 3.59. The molecule has 2 heteroatoms. The minimum atomic E-state index is -0.0800. The van der Waals surface area contributed by atoms with Gasteiger partial charge in [-0.2, -0.15) is 0 Å². The Morgan fingerprint density at radius 3 is 1.76 bits per heavy atom. The van der Waals surface area contributed by atoms with Gasteiger partial charge in [0.15, 0.2) is 0 Å². The zero-order valence-electron chi connectivity index (χ0n) is 12.2. The number of aromatic nitrogens is 1. The van der Waals surface area contributed by atoms with Crippen molar-refractivity contribution in [1.29, 1.82) is 0 Å². The van der Waals surface area contributed by atoms with Gasteiger partial charge in [0.1, 0.15) is 0 Å². The van der Waals surface area contributed by atoms with E-state index in [4.69, 9.17) is 0 Å². The number of rotatable bonds is 2. The predicted octanol–water partition coefficient (Wildman–Crippen LogP) is 4.33. The summed E-state index contributed by atoms with van der Waals surface area (Å²) < 4.78 is 0. The van der Waals surface area contributed by atoms with Gasteiger partial charge < -0.3 is 4.98 Å². The van der Waals surface area contributed by atoms with Gasteiger partial charge in [-0.15, -0.1) is 0 Å². The Hall–Kier alpha value is -2.61. The molecule has 0 spiro atoms. The average molecular weight is 275 g/mol.